The van der Waals surface area contributed by atoms with Gasteiger partial charge in [-0.1, -0.05) is 42.5 Å². The summed E-state index contributed by atoms with van der Waals surface area (Å²) in [6, 6.07) is 16.0. The lowest BCUT2D eigenvalue weighted by Gasteiger charge is -2.53. The number of rotatable bonds is 5. The minimum atomic E-state index is -0.920. The first kappa shape index (κ1) is 19.2. The monoisotopic (exact) mass is 399 g/mol. The molecule has 5 atom stereocenters. The molecule has 1 heterocycles. The minimum Gasteiger partial charge on any atom is -0.293 e. The van der Waals surface area contributed by atoms with Crippen LogP contribution in [0.5, 0.6) is 0 Å². The summed E-state index contributed by atoms with van der Waals surface area (Å²) in [6.07, 6.45) is 1.68. The van der Waals surface area contributed by atoms with Crippen molar-refractivity contribution in [2.75, 3.05) is 13.1 Å². The zero-order valence-corrected chi connectivity index (χ0v) is 16.6. The Morgan fingerprint density at radius 3 is 2.48 bits per heavy atom. The maximum atomic E-state index is 15.3. The highest BCUT2D eigenvalue weighted by molar-refractivity contribution is 5.22. The molecule has 0 spiro atoms. The predicted octanol–water partition coefficient (Wildman–Crippen LogP) is 6.28. The lowest BCUT2D eigenvalue weighted by atomic mass is 9.54. The van der Waals surface area contributed by atoms with Gasteiger partial charge in [-0.2, -0.15) is 0 Å². The van der Waals surface area contributed by atoms with E-state index < -0.39 is 12.3 Å². The van der Waals surface area contributed by atoms with Gasteiger partial charge in [-0.25, -0.2) is 13.2 Å². The zero-order chi connectivity index (χ0) is 20.0. The third kappa shape index (κ3) is 3.72. The number of alkyl halides is 2. The van der Waals surface area contributed by atoms with Crippen molar-refractivity contribution in [1.82, 2.24) is 4.90 Å². The quantitative estimate of drug-likeness (QED) is 0.572. The highest BCUT2D eigenvalue weighted by Gasteiger charge is 2.50. The molecule has 4 heteroatoms. The molecule has 2 aromatic carbocycles. The molecule has 0 aromatic heterocycles. The van der Waals surface area contributed by atoms with Crippen LogP contribution in [0.15, 0.2) is 54.6 Å². The maximum Gasteiger partial charge on any atom is 0.128 e. The number of halogens is 3. The summed E-state index contributed by atoms with van der Waals surface area (Å²) < 4.78 is 43.3. The molecule has 6 rings (SSSR count). The van der Waals surface area contributed by atoms with E-state index in [9.17, 15) is 8.78 Å². The van der Waals surface area contributed by atoms with E-state index in [0.717, 1.165) is 36.9 Å². The Labute approximate surface area is 170 Å². The van der Waals surface area contributed by atoms with E-state index in [1.165, 1.54) is 12.1 Å². The number of fused-ring (bicyclic) bond motifs is 2. The van der Waals surface area contributed by atoms with Gasteiger partial charge in [0.2, 0.25) is 0 Å². The molecule has 0 amide bonds. The third-order valence-electron chi connectivity index (χ3n) is 7.61. The molecule has 0 N–H and O–H groups in total. The largest absolute Gasteiger partial charge is 0.293 e. The molecule has 2 aromatic rings. The summed E-state index contributed by atoms with van der Waals surface area (Å²) in [5.74, 6) is 1.30. The van der Waals surface area contributed by atoms with Gasteiger partial charge in [0.05, 0.1) is 0 Å². The Bertz CT molecular complexity index is 835. The third-order valence-corrected chi connectivity index (χ3v) is 7.61. The molecule has 1 nitrogen and oxygen atoms in total. The summed E-state index contributed by atoms with van der Waals surface area (Å²) in [5.41, 5.74) is 1.64. The molecule has 29 heavy (non-hydrogen) atoms. The lowest BCUT2D eigenvalue weighted by Crippen LogP contribution is -2.47. The predicted molar refractivity (Wildman–Crippen MR) is 108 cm³/mol. The molecule has 0 radical (unpaired) electrons. The van der Waals surface area contributed by atoms with Crippen LogP contribution in [0.4, 0.5) is 13.2 Å². The number of nitrogens with zero attached hydrogens (tertiary/aromatic N) is 1. The molecule has 4 aliphatic rings. The van der Waals surface area contributed by atoms with Crippen LogP contribution in [-0.4, -0.2) is 24.2 Å². The van der Waals surface area contributed by atoms with Crippen LogP contribution in [0.25, 0.3) is 0 Å². The van der Waals surface area contributed by atoms with Crippen molar-refractivity contribution in [3.8, 4) is 0 Å². The van der Waals surface area contributed by atoms with Crippen molar-refractivity contribution < 1.29 is 13.2 Å². The first-order chi connectivity index (χ1) is 14.1. The van der Waals surface area contributed by atoms with Gasteiger partial charge in [-0.15, -0.1) is 0 Å². The van der Waals surface area contributed by atoms with E-state index in [0.29, 0.717) is 30.7 Å². The summed E-state index contributed by atoms with van der Waals surface area (Å²) in [5, 5.41) is 0. The summed E-state index contributed by atoms with van der Waals surface area (Å²) in [4.78, 5) is 2.19. The molecule has 2 bridgehead atoms. The van der Waals surface area contributed by atoms with Crippen LogP contribution in [0.1, 0.15) is 49.0 Å². The fourth-order valence-electron chi connectivity index (χ4n) is 6.06. The normalized spacial score (nSPS) is 35.3. The van der Waals surface area contributed by atoms with Crippen LogP contribution in [-0.2, 0) is 0 Å². The first-order valence-corrected chi connectivity index (χ1v) is 10.9. The second-order valence-corrected chi connectivity index (χ2v) is 9.32. The van der Waals surface area contributed by atoms with Gasteiger partial charge in [0, 0.05) is 19.1 Å². The van der Waals surface area contributed by atoms with Crippen LogP contribution < -0.4 is 0 Å². The van der Waals surface area contributed by atoms with E-state index in [4.69, 9.17) is 0 Å². The molecule has 1 aliphatic heterocycles. The Hall–Kier alpha value is -1.81. The van der Waals surface area contributed by atoms with Gasteiger partial charge in [0.15, 0.2) is 0 Å². The van der Waals surface area contributed by atoms with Crippen molar-refractivity contribution in [2.24, 2.45) is 23.7 Å². The number of hydrogen-bond acceptors (Lipinski definition) is 1. The fraction of sp³-hybridized carbons (Fsp3) is 0.520. The van der Waals surface area contributed by atoms with Crippen molar-refractivity contribution >= 4 is 0 Å². The van der Waals surface area contributed by atoms with Crippen LogP contribution in [0.3, 0.4) is 0 Å². The maximum absolute atomic E-state index is 15.3. The zero-order valence-electron chi connectivity index (χ0n) is 16.6. The van der Waals surface area contributed by atoms with Crippen LogP contribution >= 0.6 is 0 Å². The summed E-state index contributed by atoms with van der Waals surface area (Å²) in [6.45, 7) is 1.19. The van der Waals surface area contributed by atoms with Gasteiger partial charge in [0.25, 0.3) is 0 Å². The van der Waals surface area contributed by atoms with Gasteiger partial charge < -0.3 is 0 Å². The number of benzene rings is 2. The topological polar surface area (TPSA) is 3.24 Å². The fourth-order valence-corrected chi connectivity index (χ4v) is 6.06. The number of likely N-dealkylation sites (tertiary alicyclic amines) is 1. The smallest absolute Gasteiger partial charge is 0.128 e. The van der Waals surface area contributed by atoms with E-state index in [1.54, 1.807) is 6.07 Å². The molecule has 3 aliphatic carbocycles. The average Bonchev–Trinajstić information content (AvgIpc) is 3.07. The molecular weight excluding hydrogens is 371 g/mol. The molecule has 3 saturated carbocycles. The Kier molecular flexibility index (Phi) is 5.15. The van der Waals surface area contributed by atoms with E-state index in [1.807, 2.05) is 36.4 Å². The van der Waals surface area contributed by atoms with E-state index in [-0.39, 0.29) is 17.8 Å². The highest BCUT2D eigenvalue weighted by Crippen LogP contribution is 2.56. The molecule has 154 valence electrons. The molecular formula is C25H28F3N. The van der Waals surface area contributed by atoms with Gasteiger partial charge in [0.1, 0.15) is 18.2 Å². The minimum absolute atomic E-state index is 0.0591. The average molecular weight is 400 g/mol. The molecule has 3 unspecified atom stereocenters. The first-order valence-electron chi connectivity index (χ1n) is 10.9. The summed E-state index contributed by atoms with van der Waals surface area (Å²) >= 11 is 0. The SMILES string of the molecule is Fc1cccc(C2CC(F)CN2C[C@H]2C[C@@H](C(F)c3ccccc3)C3CC2C3)c1. The standard InChI is InChI=1S/C25H28F3N/c26-21-8-4-7-17(11-21)24-13-22(27)15-29(24)14-20-12-23(19-9-18(20)10-19)25(28)16-5-2-1-3-6-16/h1-8,11,18-20,22-25H,9-10,12-15H2/t18?,19?,20-,22?,23-,24?,25?/m1/s1. The second kappa shape index (κ2) is 7.79. The second-order valence-electron chi connectivity index (χ2n) is 9.32. The van der Waals surface area contributed by atoms with Crippen molar-refractivity contribution in [3.05, 3.63) is 71.5 Å². The Morgan fingerprint density at radius 1 is 0.931 bits per heavy atom. The lowest BCUT2D eigenvalue weighted by molar-refractivity contribution is -0.0531. The molecule has 1 saturated heterocycles. The van der Waals surface area contributed by atoms with Crippen molar-refractivity contribution in [1.29, 1.82) is 0 Å². The van der Waals surface area contributed by atoms with Crippen LogP contribution in [0, 0.1) is 29.5 Å². The van der Waals surface area contributed by atoms with E-state index >= 15 is 4.39 Å². The summed E-state index contributed by atoms with van der Waals surface area (Å²) in [7, 11) is 0. The van der Waals surface area contributed by atoms with Crippen molar-refractivity contribution in [2.45, 2.75) is 44.1 Å². The Morgan fingerprint density at radius 2 is 1.72 bits per heavy atom. The number of hydrogen-bond donors (Lipinski definition) is 0. The Balaban J connectivity index is 1.31. The van der Waals surface area contributed by atoms with Crippen molar-refractivity contribution in [3.63, 3.8) is 0 Å². The van der Waals surface area contributed by atoms with Crippen LogP contribution in [0.2, 0.25) is 0 Å². The highest BCUT2D eigenvalue weighted by atomic mass is 19.1. The molecule has 4 fully saturated rings. The van der Waals surface area contributed by atoms with Gasteiger partial charge in [-0.05, 0) is 72.6 Å². The van der Waals surface area contributed by atoms with Gasteiger partial charge in [-0.3, -0.25) is 4.90 Å². The van der Waals surface area contributed by atoms with E-state index in [2.05, 4.69) is 4.90 Å². The van der Waals surface area contributed by atoms with Gasteiger partial charge >= 0.3 is 0 Å².